The van der Waals surface area contributed by atoms with Crippen molar-refractivity contribution in [3.05, 3.63) is 96.1 Å². The van der Waals surface area contributed by atoms with Gasteiger partial charge in [0.2, 0.25) is 0 Å². The number of anilines is 2. The van der Waals surface area contributed by atoms with Gasteiger partial charge in [-0.25, -0.2) is 0 Å². The minimum absolute atomic E-state index is 0.0250. The SMILES string of the molecule is C/C=N\NC(C)=NC.CC(C)(C=O)C(c1ccccc1)c1ccc(Nc2ccccc2)cc1.CC=N. The van der Waals surface area contributed by atoms with E-state index in [0.717, 1.165) is 34.6 Å². The van der Waals surface area contributed by atoms with Gasteiger partial charge in [0.1, 0.15) is 12.1 Å². The van der Waals surface area contributed by atoms with E-state index in [1.807, 2.05) is 76.2 Å². The molecule has 6 heteroatoms. The number of carbonyl (C=O) groups is 1. The summed E-state index contributed by atoms with van der Waals surface area (Å²) in [6.07, 6.45) is 3.98. The van der Waals surface area contributed by atoms with Crippen LogP contribution in [0.2, 0.25) is 0 Å². The van der Waals surface area contributed by atoms with Gasteiger partial charge in [-0.2, -0.15) is 5.10 Å². The van der Waals surface area contributed by atoms with Gasteiger partial charge in [0.15, 0.2) is 0 Å². The molecule has 6 nitrogen and oxygen atoms in total. The number of amidine groups is 1. The zero-order chi connectivity index (χ0) is 26.8. The number of para-hydroxylation sites is 1. The van der Waals surface area contributed by atoms with E-state index in [0.29, 0.717) is 0 Å². The molecule has 3 rings (SSSR count). The van der Waals surface area contributed by atoms with Crippen molar-refractivity contribution >= 4 is 35.9 Å². The molecule has 1 unspecified atom stereocenters. The van der Waals surface area contributed by atoms with Gasteiger partial charge in [-0.15, -0.1) is 0 Å². The van der Waals surface area contributed by atoms with Crippen LogP contribution in [0.4, 0.5) is 11.4 Å². The van der Waals surface area contributed by atoms with E-state index >= 15 is 0 Å². The molecule has 0 bridgehead atoms. The molecule has 3 aromatic rings. The van der Waals surface area contributed by atoms with Crippen LogP contribution in [0.25, 0.3) is 0 Å². The maximum absolute atomic E-state index is 11.7. The standard InChI is InChI=1S/C23H23NO.C5H11N3.C2H5N/c1-23(2,17-25)22(18-9-5-3-6-10-18)19-13-15-21(16-14-19)24-20-11-7-4-8-12-20;1-4-7-8-5(2)6-3;1-2-3/h3-17,22,24H,1-2H3;4H,1-3H3,(H,6,8);2-3H,1H3/b;7-4-;. The van der Waals surface area contributed by atoms with Crippen LogP contribution in [0.1, 0.15) is 51.7 Å². The van der Waals surface area contributed by atoms with Crippen molar-refractivity contribution in [2.75, 3.05) is 12.4 Å². The van der Waals surface area contributed by atoms with Crippen LogP contribution >= 0.6 is 0 Å². The van der Waals surface area contributed by atoms with E-state index in [-0.39, 0.29) is 5.92 Å². The lowest BCUT2D eigenvalue weighted by Crippen LogP contribution is -2.24. The molecule has 0 aliphatic carbocycles. The molecule has 3 N–H and O–H groups in total. The zero-order valence-corrected chi connectivity index (χ0v) is 22.2. The summed E-state index contributed by atoms with van der Waals surface area (Å²) >= 11 is 0. The molecular weight excluding hydrogens is 446 g/mol. The summed E-state index contributed by atoms with van der Waals surface area (Å²) in [4.78, 5) is 15.5. The highest BCUT2D eigenvalue weighted by molar-refractivity contribution is 5.79. The Kier molecular flexibility index (Phi) is 13.8. The lowest BCUT2D eigenvalue weighted by molar-refractivity contribution is -0.115. The van der Waals surface area contributed by atoms with Crippen molar-refractivity contribution in [1.82, 2.24) is 5.43 Å². The van der Waals surface area contributed by atoms with Crippen LogP contribution in [-0.2, 0) is 4.79 Å². The third-order valence-corrected chi connectivity index (χ3v) is 5.18. The van der Waals surface area contributed by atoms with E-state index < -0.39 is 5.41 Å². The molecule has 0 radical (unpaired) electrons. The van der Waals surface area contributed by atoms with Crippen molar-refractivity contribution in [3.8, 4) is 0 Å². The molecule has 3 aromatic carbocycles. The number of nitrogens with zero attached hydrogens (tertiary/aromatic N) is 2. The van der Waals surface area contributed by atoms with Gasteiger partial charge in [0, 0.05) is 36.0 Å². The minimum atomic E-state index is -0.476. The molecule has 36 heavy (non-hydrogen) atoms. The van der Waals surface area contributed by atoms with E-state index in [4.69, 9.17) is 5.41 Å². The molecule has 0 spiro atoms. The smallest absolute Gasteiger partial charge is 0.126 e. The number of aliphatic imine (C=N–C) groups is 1. The van der Waals surface area contributed by atoms with Gasteiger partial charge in [0.25, 0.3) is 0 Å². The first kappa shape index (κ1) is 30.0. The quantitative estimate of drug-likeness (QED) is 0.145. The molecule has 1 atom stereocenters. The number of benzene rings is 3. The van der Waals surface area contributed by atoms with Gasteiger partial charge >= 0.3 is 0 Å². The van der Waals surface area contributed by atoms with Crippen molar-refractivity contribution in [1.29, 1.82) is 5.41 Å². The van der Waals surface area contributed by atoms with Crippen molar-refractivity contribution in [2.24, 2.45) is 15.5 Å². The predicted molar refractivity (Wildman–Crippen MR) is 155 cm³/mol. The van der Waals surface area contributed by atoms with Crippen molar-refractivity contribution in [3.63, 3.8) is 0 Å². The van der Waals surface area contributed by atoms with Crippen LogP contribution in [-0.4, -0.2) is 31.6 Å². The molecule has 0 fully saturated rings. The van der Waals surface area contributed by atoms with E-state index in [2.05, 4.69) is 57.2 Å². The highest BCUT2D eigenvalue weighted by Crippen LogP contribution is 2.39. The van der Waals surface area contributed by atoms with Gasteiger partial charge < -0.3 is 15.5 Å². The van der Waals surface area contributed by atoms with Crippen molar-refractivity contribution in [2.45, 2.75) is 40.5 Å². The zero-order valence-electron chi connectivity index (χ0n) is 22.2. The Morgan fingerprint density at radius 3 is 1.81 bits per heavy atom. The molecular formula is C30H39N5O. The number of nitrogens with one attached hydrogen (secondary N) is 3. The Morgan fingerprint density at radius 1 is 0.861 bits per heavy atom. The molecule has 0 aromatic heterocycles. The van der Waals surface area contributed by atoms with Crippen LogP contribution in [0.5, 0.6) is 0 Å². The second-order valence-corrected chi connectivity index (χ2v) is 8.49. The van der Waals surface area contributed by atoms with Gasteiger partial charge in [0.05, 0.1) is 0 Å². The number of hydrogen-bond donors (Lipinski definition) is 3. The van der Waals surface area contributed by atoms with E-state index in [9.17, 15) is 4.79 Å². The first-order chi connectivity index (χ1) is 17.3. The summed E-state index contributed by atoms with van der Waals surface area (Å²) in [7, 11) is 1.72. The number of rotatable bonds is 7. The Balaban J connectivity index is 0.000000498. The number of aldehydes is 1. The molecule has 0 aliphatic heterocycles. The fourth-order valence-electron chi connectivity index (χ4n) is 3.42. The fraction of sp³-hybridized carbons (Fsp3) is 0.267. The predicted octanol–water partition coefficient (Wildman–Crippen LogP) is 7.07. The fourth-order valence-corrected chi connectivity index (χ4v) is 3.42. The summed E-state index contributed by atoms with van der Waals surface area (Å²) in [5, 5.41) is 13.2. The Morgan fingerprint density at radius 2 is 1.33 bits per heavy atom. The maximum atomic E-state index is 11.7. The molecule has 190 valence electrons. The number of hydrazone groups is 1. The van der Waals surface area contributed by atoms with Crippen LogP contribution in [0.15, 0.2) is 95.0 Å². The highest BCUT2D eigenvalue weighted by atomic mass is 16.1. The summed E-state index contributed by atoms with van der Waals surface area (Å²) in [5.41, 5.74) is 6.61. The second kappa shape index (κ2) is 16.5. The molecule has 0 amide bonds. The largest absolute Gasteiger partial charge is 0.356 e. The summed E-state index contributed by atoms with van der Waals surface area (Å²) in [6.45, 7) is 9.35. The minimum Gasteiger partial charge on any atom is -0.356 e. The average molecular weight is 486 g/mol. The average Bonchev–Trinajstić information content (AvgIpc) is 2.90. The molecule has 0 saturated heterocycles. The molecule has 0 heterocycles. The molecule has 0 aliphatic rings. The first-order valence-corrected chi connectivity index (χ1v) is 11.9. The summed E-state index contributed by atoms with van der Waals surface area (Å²) < 4.78 is 0. The normalized spacial score (nSPS) is 11.8. The molecule has 0 saturated carbocycles. The van der Waals surface area contributed by atoms with Gasteiger partial charge in [-0.1, -0.05) is 74.5 Å². The third kappa shape index (κ3) is 10.5. The maximum Gasteiger partial charge on any atom is 0.126 e. The lowest BCUT2D eigenvalue weighted by atomic mass is 9.72. The second-order valence-electron chi connectivity index (χ2n) is 8.49. The van der Waals surface area contributed by atoms with Crippen molar-refractivity contribution < 1.29 is 4.79 Å². The summed E-state index contributed by atoms with van der Waals surface area (Å²) in [6, 6.07) is 28.7. The van der Waals surface area contributed by atoms with Gasteiger partial charge in [-0.05, 0) is 62.4 Å². The number of hydrogen-bond acceptors (Lipinski definition) is 5. The number of carbonyl (C=O) groups excluding carboxylic acids is 1. The van der Waals surface area contributed by atoms with Gasteiger partial charge in [-0.3, -0.25) is 10.4 Å². The lowest BCUT2D eigenvalue weighted by Gasteiger charge is -2.30. The first-order valence-electron chi connectivity index (χ1n) is 11.9. The monoisotopic (exact) mass is 485 g/mol. The van der Waals surface area contributed by atoms with E-state index in [1.54, 1.807) is 20.2 Å². The van der Waals surface area contributed by atoms with Crippen LogP contribution in [0.3, 0.4) is 0 Å². The van der Waals surface area contributed by atoms with Crippen LogP contribution in [0, 0.1) is 10.8 Å². The Hall–Kier alpha value is -4.06. The highest BCUT2D eigenvalue weighted by Gasteiger charge is 2.31. The Bertz CT molecular complexity index is 1080. The van der Waals surface area contributed by atoms with Crippen LogP contribution < -0.4 is 10.7 Å². The Labute approximate surface area is 216 Å². The summed E-state index contributed by atoms with van der Waals surface area (Å²) in [5.74, 6) is 0.847. The third-order valence-electron chi connectivity index (χ3n) is 5.18. The topological polar surface area (TPSA) is 89.7 Å². The van der Waals surface area contributed by atoms with E-state index in [1.165, 1.54) is 6.21 Å².